The van der Waals surface area contributed by atoms with Gasteiger partial charge in [0.15, 0.2) is 17.6 Å². The number of aliphatic carboxylic acids is 1. The van der Waals surface area contributed by atoms with E-state index in [9.17, 15) is 25.2 Å². The fourth-order valence-electron chi connectivity index (χ4n) is 6.36. The van der Waals surface area contributed by atoms with E-state index in [1.165, 1.54) is 6.07 Å². The highest BCUT2D eigenvalue weighted by Gasteiger charge is 2.64. The van der Waals surface area contributed by atoms with Crippen LogP contribution in [0.15, 0.2) is 24.3 Å². The summed E-state index contributed by atoms with van der Waals surface area (Å²) < 4.78 is 41.6. The minimum absolute atomic E-state index is 0.0599. The molecule has 3 heterocycles. The normalized spacial score (nSPS) is 51.0. The molecule has 3 aliphatic heterocycles. The van der Waals surface area contributed by atoms with Gasteiger partial charge in [0, 0.05) is 22.9 Å². The minimum Gasteiger partial charge on any atom is -0.482 e. The quantitative estimate of drug-likeness (QED) is 0.343. The number of benzene rings is 1. The third kappa shape index (κ3) is 2.73. The van der Waals surface area contributed by atoms with E-state index < -0.39 is 54.3 Å². The standard InChI is InChI=1S/C23H27NO9/c1-24-7-6-23-10-3-4-12(25)20(23)32-18-13(5-2-9(14(18)23)8-11(10)24)31-22-17(28)15(26)16(27)19(33-22)21(29)30/h2-5,10-12,15-17,19-20,22,25-28H,6-8H2,1H3,(H,29,30)/t10-,11+,12-,15-,16-,17+,19-,20-,22+,23-/m0/s1/i17D,22D,28D. The van der Waals surface area contributed by atoms with Gasteiger partial charge in [-0.3, -0.25) is 0 Å². The van der Waals surface area contributed by atoms with Crippen molar-refractivity contribution >= 4 is 5.97 Å². The van der Waals surface area contributed by atoms with Crippen LogP contribution < -0.4 is 9.47 Å². The molecule has 6 rings (SSSR count). The van der Waals surface area contributed by atoms with Crippen molar-refractivity contribution in [1.29, 1.82) is 1.43 Å². The molecule has 1 aromatic carbocycles. The second-order valence-electron chi connectivity index (χ2n) is 9.48. The summed E-state index contributed by atoms with van der Waals surface area (Å²) in [6.45, 7) is 0.782. The highest BCUT2D eigenvalue weighted by molar-refractivity contribution is 5.73. The topological polar surface area (TPSA) is 149 Å². The number of likely N-dealkylation sites (tertiary alicyclic amines) is 1. The molecule has 10 heteroatoms. The van der Waals surface area contributed by atoms with E-state index in [0.29, 0.717) is 6.42 Å². The van der Waals surface area contributed by atoms with Gasteiger partial charge in [-0.25, -0.2) is 4.79 Å². The van der Waals surface area contributed by atoms with Gasteiger partial charge >= 0.3 is 5.97 Å². The lowest BCUT2D eigenvalue weighted by molar-refractivity contribution is -0.271. The van der Waals surface area contributed by atoms with Crippen molar-refractivity contribution < 1.29 is 47.3 Å². The van der Waals surface area contributed by atoms with Crippen LogP contribution in [0, 0.1) is 5.92 Å². The van der Waals surface area contributed by atoms with Crippen LogP contribution >= 0.6 is 0 Å². The summed E-state index contributed by atoms with van der Waals surface area (Å²) >= 11 is 0. The lowest BCUT2D eigenvalue weighted by Crippen LogP contribution is -2.64. The number of rotatable bonds is 4. The Kier molecular flexibility index (Phi) is 3.93. The smallest absolute Gasteiger partial charge is 0.335 e. The molecular formula is C23H27NO9. The molecule has 0 aromatic heterocycles. The second kappa shape index (κ2) is 7.14. The fourth-order valence-corrected chi connectivity index (χ4v) is 6.36. The fraction of sp³-hybridized carbons (Fsp3) is 0.609. The zero-order chi connectivity index (χ0) is 25.8. The van der Waals surface area contributed by atoms with Crippen LogP contribution in [0.5, 0.6) is 11.5 Å². The van der Waals surface area contributed by atoms with E-state index in [2.05, 4.69) is 17.1 Å². The van der Waals surface area contributed by atoms with Crippen LogP contribution in [0.25, 0.3) is 0 Å². The average molecular weight is 464 g/mol. The van der Waals surface area contributed by atoms with Crippen LogP contribution in [-0.2, 0) is 21.4 Å². The summed E-state index contributed by atoms with van der Waals surface area (Å²) in [4.78, 5) is 13.9. The van der Waals surface area contributed by atoms with Gasteiger partial charge in [-0.2, -0.15) is 0 Å². The zero-order valence-electron chi connectivity index (χ0n) is 20.7. The Balaban J connectivity index is 1.47. The molecule has 1 spiro atoms. The SMILES string of the molecule is [2H]O[C@]1([2H])[C@@H](O)[C@H](O)[C@@H](C(=O)O)O[C@@]1([2H])Oc1ccc2c3c1O[C@H]1[C@@H](O)C=C[C@H]4[C@@H](C2)N(C)CC[C@@]341. The third-order valence-electron chi connectivity index (χ3n) is 7.92. The van der Waals surface area contributed by atoms with Gasteiger partial charge in [0.1, 0.15) is 31.9 Å². The molecule has 2 aliphatic carbocycles. The number of hydrogen-bond acceptors (Lipinski definition) is 9. The summed E-state index contributed by atoms with van der Waals surface area (Å²) in [7, 11) is 2.07. The first-order valence-electron chi connectivity index (χ1n) is 12.4. The maximum absolute atomic E-state index is 11.6. The zero-order valence-corrected chi connectivity index (χ0v) is 17.7. The molecule has 0 saturated carbocycles. The Morgan fingerprint density at radius 1 is 1.30 bits per heavy atom. The highest BCUT2D eigenvalue weighted by atomic mass is 16.7. The Labute approximate surface area is 193 Å². The van der Waals surface area contributed by atoms with Crippen molar-refractivity contribution in [2.75, 3.05) is 13.6 Å². The van der Waals surface area contributed by atoms with Crippen LogP contribution in [0.2, 0.25) is 0 Å². The first-order chi connectivity index (χ1) is 17.0. The number of aliphatic hydroxyl groups is 4. The number of carboxylic acids is 1. The molecule has 178 valence electrons. The number of carboxylic acid groups (broad SMARTS) is 1. The molecule has 1 aromatic rings. The largest absolute Gasteiger partial charge is 0.482 e. The van der Waals surface area contributed by atoms with Crippen LogP contribution in [0.4, 0.5) is 0 Å². The van der Waals surface area contributed by atoms with Gasteiger partial charge in [-0.15, -0.1) is 0 Å². The summed E-state index contributed by atoms with van der Waals surface area (Å²) in [5.41, 5.74) is 1.28. The molecule has 2 saturated heterocycles. The molecule has 2 fully saturated rings. The van der Waals surface area contributed by atoms with E-state index in [1.807, 2.05) is 6.08 Å². The molecule has 2 bridgehead atoms. The number of piperidine rings is 1. The van der Waals surface area contributed by atoms with Crippen molar-refractivity contribution in [2.45, 2.75) is 67.2 Å². The first kappa shape index (κ1) is 18.2. The maximum atomic E-state index is 11.6. The van der Waals surface area contributed by atoms with E-state index in [4.69, 9.17) is 18.4 Å². The van der Waals surface area contributed by atoms with Crippen molar-refractivity contribution in [2.24, 2.45) is 5.92 Å². The van der Waals surface area contributed by atoms with Crippen molar-refractivity contribution in [3.63, 3.8) is 0 Å². The van der Waals surface area contributed by atoms with Gasteiger partial charge in [0.2, 0.25) is 7.70 Å². The van der Waals surface area contributed by atoms with Crippen molar-refractivity contribution in [3.8, 4) is 11.5 Å². The first-order valence-corrected chi connectivity index (χ1v) is 11.0. The number of hydrogen-bond donors (Lipinski definition) is 5. The summed E-state index contributed by atoms with van der Waals surface area (Å²) in [5, 5.41) is 45.2. The van der Waals surface area contributed by atoms with Crippen molar-refractivity contribution in [1.82, 2.24) is 4.90 Å². The van der Waals surface area contributed by atoms with Gasteiger partial charge in [-0.05, 0) is 38.1 Å². The number of nitrogens with zero attached hydrogens (tertiary/aromatic N) is 1. The number of aliphatic hydroxyl groups excluding tert-OH is 3. The summed E-state index contributed by atoms with van der Waals surface area (Å²) in [6, 6.07) is 3.50. The Morgan fingerprint density at radius 3 is 2.88 bits per heavy atom. The van der Waals surface area contributed by atoms with Gasteiger partial charge in [-0.1, -0.05) is 18.2 Å². The Morgan fingerprint density at radius 2 is 2.12 bits per heavy atom. The van der Waals surface area contributed by atoms with Crippen LogP contribution in [0.1, 0.15) is 20.3 Å². The van der Waals surface area contributed by atoms with Gasteiger partial charge in [0.05, 0.1) is 1.37 Å². The number of carbonyl (C=O) groups is 1. The van der Waals surface area contributed by atoms with Crippen LogP contribution in [0.3, 0.4) is 0 Å². The molecule has 5 aliphatic rings. The van der Waals surface area contributed by atoms with E-state index in [-0.39, 0.29) is 23.5 Å². The predicted octanol–water partition coefficient (Wildman–Crippen LogP) is -1.24. The Hall–Kier alpha value is -2.21. The molecule has 33 heavy (non-hydrogen) atoms. The molecule has 10 nitrogen and oxygen atoms in total. The van der Waals surface area contributed by atoms with Crippen molar-refractivity contribution in [3.05, 3.63) is 35.4 Å². The highest BCUT2D eigenvalue weighted by Crippen LogP contribution is 2.62. The van der Waals surface area contributed by atoms with Gasteiger partial charge in [0.25, 0.3) is 0 Å². The molecule has 0 unspecified atom stereocenters. The molecule has 10 atom stereocenters. The number of ether oxygens (including phenoxy) is 3. The molecular weight excluding hydrogens is 434 g/mol. The minimum atomic E-state index is -3.07. The maximum Gasteiger partial charge on any atom is 0.335 e. The van der Waals surface area contributed by atoms with E-state index >= 15 is 0 Å². The summed E-state index contributed by atoms with van der Waals surface area (Å²) in [5.74, 6) is -1.48. The monoisotopic (exact) mass is 464 g/mol. The molecule has 0 radical (unpaired) electrons. The lowest BCUT2D eigenvalue weighted by Gasteiger charge is -2.56. The predicted molar refractivity (Wildman–Crippen MR) is 111 cm³/mol. The van der Waals surface area contributed by atoms with E-state index in [1.54, 1.807) is 12.1 Å². The number of likely N-dealkylation sites (N-methyl/N-ethyl adjacent to an activating group) is 1. The average Bonchev–Trinajstić information content (AvgIpc) is 3.20. The summed E-state index contributed by atoms with van der Waals surface area (Å²) in [6.07, 6.45) is -9.04. The lowest BCUT2D eigenvalue weighted by atomic mass is 9.53. The molecule has 5 N–H and O–H groups in total. The molecule has 0 amide bonds. The third-order valence-corrected chi connectivity index (χ3v) is 7.92. The van der Waals surface area contributed by atoms with Crippen LogP contribution in [-0.4, -0.2) is 100 Å². The van der Waals surface area contributed by atoms with E-state index in [0.717, 1.165) is 24.1 Å². The second-order valence-corrected chi connectivity index (χ2v) is 9.48. The Bertz CT molecular complexity index is 1150. The van der Waals surface area contributed by atoms with Gasteiger partial charge < -0.3 is 44.6 Å².